The Kier molecular flexibility index (Phi) is 4.88. The summed E-state index contributed by atoms with van der Waals surface area (Å²) in [5.74, 6) is -0.394. The summed E-state index contributed by atoms with van der Waals surface area (Å²) in [4.78, 5) is 26.8. The normalized spacial score (nSPS) is 17.0. The standard InChI is InChI=1S/C21H24N2O2/c1-4-16-7-5-6-15(3)20(16)22-21(25)17-12-19(24)23(13-17)18-10-8-14(2)9-11-18/h5-11,17H,4,12-13H2,1-3H3,(H,22,25)/t17-/m0/s1. The Labute approximate surface area is 148 Å². The van der Waals surface area contributed by atoms with Gasteiger partial charge < -0.3 is 10.2 Å². The summed E-state index contributed by atoms with van der Waals surface area (Å²) in [5.41, 5.74) is 5.06. The molecule has 3 rings (SSSR count). The van der Waals surface area contributed by atoms with Crippen LogP contribution in [0.15, 0.2) is 42.5 Å². The Balaban J connectivity index is 1.74. The maximum atomic E-state index is 12.7. The van der Waals surface area contributed by atoms with Crippen LogP contribution in [0.3, 0.4) is 0 Å². The number of aryl methyl sites for hydroxylation is 3. The number of carbonyl (C=O) groups is 2. The third-order valence-corrected chi connectivity index (χ3v) is 4.83. The van der Waals surface area contributed by atoms with Gasteiger partial charge in [-0.25, -0.2) is 0 Å². The Hall–Kier alpha value is -2.62. The van der Waals surface area contributed by atoms with E-state index in [0.717, 1.165) is 34.5 Å². The molecule has 0 saturated carbocycles. The lowest BCUT2D eigenvalue weighted by atomic mass is 10.0. The number of rotatable bonds is 4. The van der Waals surface area contributed by atoms with Gasteiger partial charge >= 0.3 is 0 Å². The van der Waals surface area contributed by atoms with Gasteiger partial charge in [-0.2, -0.15) is 0 Å². The van der Waals surface area contributed by atoms with E-state index in [1.54, 1.807) is 4.90 Å². The number of para-hydroxylation sites is 1. The van der Waals surface area contributed by atoms with E-state index < -0.39 is 0 Å². The van der Waals surface area contributed by atoms with Crippen molar-refractivity contribution in [3.63, 3.8) is 0 Å². The number of benzene rings is 2. The number of anilines is 2. The number of nitrogens with zero attached hydrogens (tertiary/aromatic N) is 1. The lowest BCUT2D eigenvalue weighted by Crippen LogP contribution is -2.28. The lowest BCUT2D eigenvalue weighted by molar-refractivity contribution is -0.122. The zero-order chi connectivity index (χ0) is 18.0. The fourth-order valence-corrected chi connectivity index (χ4v) is 3.28. The van der Waals surface area contributed by atoms with Gasteiger partial charge in [-0.1, -0.05) is 42.8 Å². The number of nitrogens with one attached hydrogen (secondary N) is 1. The van der Waals surface area contributed by atoms with E-state index in [1.807, 2.05) is 56.3 Å². The van der Waals surface area contributed by atoms with E-state index in [-0.39, 0.29) is 24.2 Å². The van der Waals surface area contributed by atoms with E-state index >= 15 is 0 Å². The minimum absolute atomic E-state index is 0.00417. The van der Waals surface area contributed by atoms with Crippen molar-refractivity contribution in [2.24, 2.45) is 5.92 Å². The molecule has 2 aromatic carbocycles. The highest BCUT2D eigenvalue weighted by Gasteiger charge is 2.35. The highest BCUT2D eigenvalue weighted by molar-refractivity contribution is 6.03. The van der Waals surface area contributed by atoms with Crippen molar-refractivity contribution in [2.45, 2.75) is 33.6 Å². The molecule has 1 aliphatic heterocycles. The largest absolute Gasteiger partial charge is 0.325 e. The number of hydrogen-bond acceptors (Lipinski definition) is 2. The zero-order valence-electron chi connectivity index (χ0n) is 15.0. The molecule has 0 spiro atoms. The van der Waals surface area contributed by atoms with Crippen molar-refractivity contribution in [1.82, 2.24) is 0 Å². The summed E-state index contributed by atoms with van der Waals surface area (Å²) >= 11 is 0. The van der Waals surface area contributed by atoms with Crippen LogP contribution in [0.25, 0.3) is 0 Å². The van der Waals surface area contributed by atoms with Crippen molar-refractivity contribution in [3.8, 4) is 0 Å². The lowest BCUT2D eigenvalue weighted by Gasteiger charge is -2.18. The second kappa shape index (κ2) is 7.09. The molecule has 4 heteroatoms. The first-order valence-corrected chi connectivity index (χ1v) is 8.76. The number of carbonyl (C=O) groups excluding carboxylic acids is 2. The molecule has 0 aliphatic carbocycles. The van der Waals surface area contributed by atoms with Crippen molar-refractivity contribution in [2.75, 3.05) is 16.8 Å². The Morgan fingerprint density at radius 1 is 1.16 bits per heavy atom. The molecule has 0 aromatic heterocycles. The van der Waals surface area contributed by atoms with Crippen LogP contribution in [0.1, 0.15) is 30.0 Å². The summed E-state index contributed by atoms with van der Waals surface area (Å²) < 4.78 is 0. The third kappa shape index (κ3) is 3.58. The first kappa shape index (κ1) is 17.2. The molecule has 1 saturated heterocycles. The van der Waals surface area contributed by atoms with E-state index in [1.165, 1.54) is 0 Å². The number of amides is 2. The van der Waals surface area contributed by atoms with Crippen LogP contribution in [0.4, 0.5) is 11.4 Å². The van der Waals surface area contributed by atoms with Crippen LogP contribution in [0, 0.1) is 19.8 Å². The van der Waals surface area contributed by atoms with Gasteiger partial charge in [-0.15, -0.1) is 0 Å². The molecule has 0 radical (unpaired) electrons. The molecular weight excluding hydrogens is 312 g/mol. The molecule has 1 N–H and O–H groups in total. The molecule has 25 heavy (non-hydrogen) atoms. The van der Waals surface area contributed by atoms with E-state index in [0.29, 0.717) is 6.54 Å². The van der Waals surface area contributed by atoms with Crippen molar-refractivity contribution in [1.29, 1.82) is 0 Å². The summed E-state index contributed by atoms with van der Waals surface area (Å²) in [6.45, 7) is 6.51. The van der Waals surface area contributed by atoms with Gasteiger partial charge in [0.1, 0.15) is 0 Å². The Bertz CT molecular complexity index is 796. The maximum Gasteiger partial charge on any atom is 0.229 e. The monoisotopic (exact) mass is 336 g/mol. The fourth-order valence-electron chi connectivity index (χ4n) is 3.28. The van der Waals surface area contributed by atoms with Gasteiger partial charge in [0.15, 0.2) is 0 Å². The van der Waals surface area contributed by atoms with Crippen LogP contribution >= 0.6 is 0 Å². The minimum Gasteiger partial charge on any atom is -0.325 e. The Morgan fingerprint density at radius 2 is 1.88 bits per heavy atom. The van der Waals surface area contributed by atoms with Gasteiger partial charge in [0.05, 0.1) is 5.92 Å². The SMILES string of the molecule is CCc1cccc(C)c1NC(=O)[C@H]1CC(=O)N(c2ccc(C)cc2)C1. The highest BCUT2D eigenvalue weighted by Crippen LogP contribution is 2.28. The first-order valence-electron chi connectivity index (χ1n) is 8.76. The van der Waals surface area contributed by atoms with E-state index in [4.69, 9.17) is 0 Å². The van der Waals surface area contributed by atoms with Gasteiger partial charge in [-0.05, 0) is 43.5 Å². The second-order valence-electron chi connectivity index (χ2n) is 6.69. The molecular formula is C21H24N2O2. The molecule has 1 fully saturated rings. The minimum atomic E-state index is -0.321. The summed E-state index contributed by atoms with van der Waals surface area (Å²) in [6.07, 6.45) is 1.11. The summed E-state index contributed by atoms with van der Waals surface area (Å²) in [7, 11) is 0. The molecule has 2 aromatic rings. The van der Waals surface area contributed by atoms with Gasteiger partial charge in [0, 0.05) is 24.3 Å². The van der Waals surface area contributed by atoms with Gasteiger partial charge in [0.25, 0.3) is 0 Å². The van der Waals surface area contributed by atoms with Crippen LogP contribution < -0.4 is 10.2 Å². The van der Waals surface area contributed by atoms with Crippen molar-refractivity contribution in [3.05, 3.63) is 59.2 Å². The zero-order valence-corrected chi connectivity index (χ0v) is 15.0. The topological polar surface area (TPSA) is 49.4 Å². The second-order valence-corrected chi connectivity index (χ2v) is 6.69. The van der Waals surface area contributed by atoms with E-state index in [9.17, 15) is 9.59 Å². The van der Waals surface area contributed by atoms with Crippen LogP contribution in [0.5, 0.6) is 0 Å². The molecule has 1 aliphatic rings. The van der Waals surface area contributed by atoms with Gasteiger partial charge in [-0.3, -0.25) is 9.59 Å². The first-order chi connectivity index (χ1) is 12.0. The molecule has 0 unspecified atom stereocenters. The highest BCUT2D eigenvalue weighted by atomic mass is 16.2. The summed E-state index contributed by atoms with van der Waals surface area (Å²) in [6, 6.07) is 13.9. The number of hydrogen-bond donors (Lipinski definition) is 1. The Morgan fingerprint density at radius 3 is 2.56 bits per heavy atom. The maximum absolute atomic E-state index is 12.7. The third-order valence-electron chi connectivity index (χ3n) is 4.83. The summed E-state index contributed by atoms with van der Waals surface area (Å²) in [5, 5.41) is 3.06. The average Bonchev–Trinajstić information content (AvgIpc) is 2.99. The molecule has 2 amide bonds. The molecule has 1 atom stereocenters. The van der Waals surface area contributed by atoms with Crippen LogP contribution in [-0.4, -0.2) is 18.4 Å². The fraction of sp³-hybridized carbons (Fsp3) is 0.333. The quantitative estimate of drug-likeness (QED) is 0.922. The van der Waals surface area contributed by atoms with Crippen molar-refractivity contribution >= 4 is 23.2 Å². The predicted molar refractivity (Wildman–Crippen MR) is 101 cm³/mol. The average molecular weight is 336 g/mol. The van der Waals surface area contributed by atoms with Crippen molar-refractivity contribution < 1.29 is 9.59 Å². The predicted octanol–water partition coefficient (Wildman–Crippen LogP) is 3.86. The smallest absolute Gasteiger partial charge is 0.229 e. The molecule has 4 nitrogen and oxygen atoms in total. The van der Waals surface area contributed by atoms with Crippen LogP contribution in [0.2, 0.25) is 0 Å². The van der Waals surface area contributed by atoms with Gasteiger partial charge in [0.2, 0.25) is 11.8 Å². The molecule has 1 heterocycles. The van der Waals surface area contributed by atoms with E-state index in [2.05, 4.69) is 12.2 Å². The van der Waals surface area contributed by atoms with Crippen LogP contribution in [-0.2, 0) is 16.0 Å². The molecule has 0 bridgehead atoms. The molecule has 130 valence electrons.